The van der Waals surface area contributed by atoms with Crippen LogP contribution in [-0.2, 0) is 4.79 Å². The Morgan fingerprint density at radius 1 is 0.885 bits per heavy atom. The van der Waals surface area contributed by atoms with Crippen LogP contribution in [0.1, 0.15) is 52.2 Å². The number of allylic oxidation sites excluding steroid dienone is 1. The first-order chi connectivity index (χ1) is 12.6. The summed E-state index contributed by atoms with van der Waals surface area (Å²) in [6, 6.07) is 15.9. The van der Waals surface area contributed by atoms with E-state index in [1.54, 1.807) is 0 Å². The molecule has 1 heterocycles. The third-order valence-corrected chi connectivity index (χ3v) is 5.82. The van der Waals surface area contributed by atoms with Gasteiger partial charge in [0.25, 0.3) is 0 Å². The molecule has 2 aromatic rings. The van der Waals surface area contributed by atoms with Crippen molar-refractivity contribution in [3.05, 3.63) is 76.4 Å². The first-order valence-corrected chi connectivity index (χ1v) is 9.20. The van der Waals surface area contributed by atoms with E-state index in [1.165, 1.54) is 5.56 Å². The molecule has 2 aliphatic carbocycles. The fourth-order valence-corrected chi connectivity index (χ4v) is 4.58. The van der Waals surface area contributed by atoms with Crippen molar-refractivity contribution in [1.82, 2.24) is 0 Å². The molecule has 5 rings (SSSR count). The maximum atomic E-state index is 13.2. The molecule has 3 aliphatic rings. The molecule has 0 radical (unpaired) electrons. The number of aliphatic imine (C=N–C) groups is 1. The van der Waals surface area contributed by atoms with Gasteiger partial charge in [0, 0.05) is 34.8 Å². The van der Waals surface area contributed by atoms with Gasteiger partial charge < -0.3 is 0 Å². The number of ketones is 2. The molecular formula is C23H19NO2. The highest BCUT2D eigenvalue weighted by molar-refractivity contribution is 6.25. The molecule has 0 amide bonds. The molecule has 0 aromatic heterocycles. The molecule has 26 heavy (non-hydrogen) atoms. The lowest BCUT2D eigenvalue weighted by Crippen LogP contribution is -2.37. The Bertz CT molecular complexity index is 1010. The number of fused-ring (bicyclic) bond motifs is 3. The Labute approximate surface area is 152 Å². The van der Waals surface area contributed by atoms with E-state index in [9.17, 15) is 9.59 Å². The zero-order valence-electron chi connectivity index (χ0n) is 14.7. The van der Waals surface area contributed by atoms with Crippen molar-refractivity contribution in [3.8, 4) is 0 Å². The van der Waals surface area contributed by atoms with Gasteiger partial charge in [0.2, 0.25) is 0 Å². The normalized spacial score (nSPS) is 24.1. The lowest BCUT2D eigenvalue weighted by atomic mass is 9.69. The minimum Gasteiger partial charge on any atom is -0.299 e. The Morgan fingerprint density at radius 3 is 2.38 bits per heavy atom. The predicted octanol–water partition coefficient (Wildman–Crippen LogP) is 4.51. The van der Waals surface area contributed by atoms with Gasteiger partial charge in [-0.25, -0.2) is 0 Å². The molecule has 128 valence electrons. The lowest BCUT2D eigenvalue weighted by Gasteiger charge is -2.34. The quantitative estimate of drug-likeness (QED) is 0.766. The molecule has 1 unspecified atom stereocenters. The first-order valence-electron chi connectivity index (χ1n) is 9.20. The SMILES string of the molecule is Cc1ccc([C@H]2C3=C(N=C4CCCC(=O)C42)c2ccccc2C3=O)cc1. The summed E-state index contributed by atoms with van der Waals surface area (Å²) in [5.74, 6) is -0.257. The number of carbonyl (C=O) groups excluding carboxylic acids is 2. The molecule has 1 aliphatic heterocycles. The van der Waals surface area contributed by atoms with E-state index >= 15 is 0 Å². The average molecular weight is 341 g/mol. The highest BCUT2D eigenvalue weighted by Crippen LogP contribution is 2.49. The molecule has 0 bridgehead atoms. The fourth-order valence-electron chi connectivity index (χ4n) is 4.58. The van der Waals surface area contributed by atoms with Gasteiger partial charge in [-0.15, -0.1) is 0 Å². The zero-order valence-corrected chi connectivity index (χ0v) is 14.7. The van der Waals surface area contributed by atoms with E-state index in [0.29, 0.717) is 17.6 Å². The summed E-state index contributed by atoms with van der Waals surface area (Å²) < 4.78 is 0. The zero-order chi connectivity index (χ0) is 17.8. The fraction of sp³-hybridized carbons (Fsp3) is 0.261. The van der Waals surface area contributed by atoms with E-state index < -0.39 is 0 Å². The Balaban J connectivity index is 1.75. The van der Waals surface area contributed by atoms with Crippen LogP contribution < -0.4 is 0 Å². The molecule has 1 saturated carbocycles. The molecular weight excluding hydrogens is 322 g/mol. The predicted molar refractivity (Wildman–Crippen MR) is 101 cm³/mol. The lowest BCUT2D eigenvalue weighted by molar-refractivity contribution is -0.121. The van der Waals surface area contributed by atoms with Crippen LogP contribution in [0.2, 0.25) is 0 Å². The van der Waals surface area contributed by atoms with Crippen molar-refractivity contribution in [3.63, 3.8) is 0 Å². The van der Waals surface area contributed by atoms with Crippen LogP contribution in [-0.4, -0.2) is 17.3 Å². The van der Waals surface area contributed by atoms with Gasteiger partial charge >= 0.3 is 0 Å². The van der Waals surface area contributed by atoms with Crippen LogP contribution >= 0.6 is 0 Å². The Kier molecular flexibility index (Phi) is 3.33. The van der Waals surface area contributed by atoms with Crippen LogP contribution in [0.5, 0.6) is 0 Å². The minimum absolute atomic E-state index is 0.0300. The maximum Gasteiger partial charge on any atom is 0.192 e. The summed E-state index contributed by atoms with van der Waals surface area (Å²) in [6.45, 7) is 2.05. The molecule has 2 atom stereocenters. The standard InChI is InChI=1S/C23H19NO2/c1-13-9-11-14(12-10-13)19-20-17(7-4-8-18(20)25)24-22-15-5-2-3-6-16(15)23(26)21(19)22/h2-3,5-6,9-12,19-20H,4,7-8H2,1H3/t19-,20?/m1/s1. The number of hydrogen-bond donors (Lipinski definition) is 0. The first kappa shape index (κ1) is 15.4. The van der Waals surface area contributed by atoms with Gasteiger partial charge in [-0.05, 0) is 25.3 Å². The van der Waals surface area contributed by atoms with Crippen LogP contribution in [0.15, 0.2) is 59.1 Å². The van der Waals surface area contributed by atoms with Crippen molar-refractivity contribution in [2.75, 3.05) is 0 Å². The maximum absolute atomic E-state index is 13.2. The topological polar surface area (TPSA) is 46.5 Å². The van der Waals surface area contributed by atoms with E-state index in [4.69, 9.17) is 4.99 Å². The summed E-state index contributed by atoms with van der Waals surface area (Å²) >= 11 is 0. The highest BCUT2D eigenvalue weighted by atomic mass is 16.1. The second-order valence-corrected chi connectivity index (χ2v) is 7.43. The molecule has 2 aromatic carbocycles. The van der Waals surface area contributed by atoms with Crippen LogP contribution in [0.4, 0.5) is 0 Å². The van der Waals surface area contributed by atoms with Crippen LogP contribution in [0, 0.1) is 12.8 Å². The second-order valence-electron chi connectivity index (χ2n) is 7.43. The van der Waals surface area contributed by atoms with E-state index in [1.807, 2.05) is 31.2 Å². The van der Waals surface area contributed by atoms with Crippen molar-refractivity contribution in [2.24, 2.45) is 10.9 Å². The molecule has 0 N–H and O–H groups in total. The number of hydrogen-bond acceptors (Lipinski definition) is 3. The highest BCUT2D eigenvalue weighted by Gasteiger charge is 2.46. The number of benzene rings is 2. The third kappa shape index (κ3) is 2.10. The van der Waals surface area contributed by atoms with Gasteiger partial charge in [-0.2, -0.15) is 0 Å². The second kappa shape index (κ2) is 5.60. The van der Waals surface area contributed by atoms with Gasteiger partial charge in [0.05, 0.1) is 11.6 Å². The Morgan fingerprint density at radius 2 is 1.62 bits per heavy atom. The number of Topliss-reactive ketones (excluding diaryl/α,β-unsaturated/α-hetero) is 2. The molecule has 0 spiro atoms. The van der Waals surface area contributed by atoms with Crippen molar-refractivity contribution < 1.29 is 9.59 Å². The molecule has 0 saturated heterocycles. The number of nitrogens with zero attached hydrogens (tertiary/aromatic N) is 1. The number of rotatable bonds is 1. The smallest absolute Gasteiger partial charge is 0.192 e. The number of carbonyl (C=O) groups is 2. The van der Waals surface area contributed by atoms with E-state index in [2.05, 4.69) is 24.3 Å². The van der Waals surface area contributed by atoms with Gasteiger partial charge in [0.15, 0.2) is 5.78 Å². The number of aryl methyl sites for hydroxylation is 1. The summed E-state index contributed by atoms with van der Waals surface area (Å²) in [6.07, 6.45) is 2.27. The van der Waals surface area contributed by atoms with Gasteiger partial charge in [-0.1, -0.05) is 54.1 Å². The Hall–Kier alpha value is -2.81. The largest absolute Gasteiger partial charge is 0.299 e. The molecule has 3 nitrogen and oxygen atoms in total. The van der Waals surface area contributed by atoms with E-state index in [0.717, 1.165) is 35.4 Å². The summed E-state index contributed by atoms with van der Waals surface area (Å²) in [5.41, 5.74) is 6.28. The summed E-state index contributed by atoms with van der Waals surface area (Å²) in [5, 5.41) is 0. The van der Waals surface area contributed by atoms with Crippen LogP contribution in [0.25, 0.3) is 5.70 Å². The molecule has 3 heteroatoms. The third-order valence-electron chi connectivity index (χ3n) is 5.82. The summed E-state index contributed by atoms with van der Waals surface area (Å²) in [4.78, 5) is 30.9. The van der Waals surface area contributed by atoms with Crippen molar-refractivity contribution in [2.45, 2.75) is 32.1 Å². The van der Waals surface area contributed by atoms with Gasteiger partial charge in [-0.3, -0.25) is 14.6 Å². The monoisotopic (exact) mass is 341 g/mol. The summed E-state index contributed by atoms with van der Waals surface area (Å²) in [7, 11) is 0. The van der Waals surface area contributed by atoms with Gasteiger partial charge in [0.1, 0.15) is 5.78 Å². The minimum atomic E-state index is -0.288. The van der Waals surface area contributed by atoms with Crippen molar-refractivity contribution >= 4 is 23.0 Å². The van der Waals surface area contributed by atoms with Crippen LogP contribution in [0.3, 0.4) is 0 Å². The average Bonchev–Trinajstić information content (AvgIpc) is 2.94. The van der Waals surface area contributed by atoms with Crippen molar-refractivity contribution in [1.29, 1.82) is 0 Å². The molecule has 1 fully saturated rings. The van der Waals surface area contributed by atoms with E-state index in [-0.39, 0.29) is 23.4 Å².